The zero-order chi connectivity index (χ0) is 21.4. The minimum atomic E-state index is -0.816. The highest BCUT2D eigenvalue weighted by Crippen LogP contribution is 2.39. The summed E-state index contributed by atoms with van der Waals surface area (Å²) in [7, 11) is 0. The van der Waals surface area contributed by atoms with Gasteiger partial charge in [-0.15, -0.1) is 0 Å². The lowest BCUT2D eigenvalue weighted by atomic mass is 9.96. The lowest BCUT2D eigenvalue weighted by Crippen LogP contribution is -2.21. The SMILES string of the molecule is O=C1N[C@H](c2cc(C#Cc3cccc(C4CC4)n3)cnc2F)[C@@H](c2ccc(F)cc2)O1. The summed E-state index contributed by atoms with van der Waals surface area (Å²) in [5.41, 5.74) is 2.84. The summed E-state index contributed by atoms with van der Waals surface area (Å²) in [5, 5.41) is 2.61. The molecular formula is C24H17F2N3O2. The van der Waals surface area contributed by atoms with Gasteiger partial charge in [0.2, 0.25) is 5.95 Å². The number of carbonyl (C=O) groups excluding carboxylic acids is 1. The number of hydrogen-bond acceptors (Lipinski definition) is 4. The van der Waals surface area contributed by atoms with E-state index in [-0.39, 0.29) is 5.56 Å². The molecule has 2 aromatic heterocycles. The van der Waals surface area contributed by atoms with E-state index in [0.717, 1.165) is 18.5 Å². The quantitative estimate of drug-likeness (QED) is 0.502. The molecule has 1 amide bonds. The van der Waals surface area contributed by atoms with Gasteiger partial charge in [-0.1, -0.05) is 24.1 Å². The average molecular weight is 417 g/mol. The van der Waals surface area contributed by atoms with E-state index in [1.807, 2.05) is 18.2 Å². The Hall–Kier alpha value is -3.79. The van der Waals surface area contributed by atoms with Crippen LogP contribution in [0.1, 0.15) is 59.0 Å². The molecule has 5 rings (SSSR count). The molecule has 1 aromatic carbocycles. The van der Waals surface area contributed by atoms with E-state index in [1.165, 1.54) is 36.5 Å². The molecule has 1 saturated heterocycles. The van der Waals surface area contributed by atoms with Crippen LogP contribution in [0.5, 0.6) is 0 Å². The fourth-order valence-corrected chi connectivity index (χ4v) is 3.59. The monoisotopic (exact) mass is 417 g/mol. The van der Waals surface area contributed by atoms with E-state index in [0.29, 0.717) is 22.7 Å². The van der Waals surface area contributed by atoms with Gasteiger partial charge in [-0.2, -0.15) is 4.39 Å². The van der Waals surface area contributed by atoms with Crippen molar-refractivity contribution in [3.05, 3.63) is 94.6 Å². The standard InChI is InChI=1S/C24H17F2N3O2/c25-17-9-7-16(8-10-17)22-21(29-24(30)31-22)19-12-14(13-27-23(19)26)4-11-18-2-1-3-20(28-18)15-5-6-15/h1-3,7-10,12-13,15,21-22H,5-6H2,(H,29,30)/t21-,22-/m1/s1. The zero-order valence-corrected chi connectivity index (χ0v) is 16.3. The summed E-state index contributed by atoms with van der Waals surface area (Å²) in [4.78, 5) is 20.3. The van der Waals surface area contributed by atoms with Crippen molar-refractivity contribution in [3.63, 3.8) is 0 Å². The number of halogens is 2. The van der Waals surface area contributed by atoms with E-state index < -0.39 is 30.0 Å². The molecular weight excluding hydrogens is 400 g/mol. The molecule has 1 aliphatic heterocycles. The van der Waals surface area contributed by atoms with Crippen molar-refractivity contribution in [1.29, 1.82) is 0 Å². The van der Waals surface area contributed by atoms with Crippen molar-refractivity contribution in [2.45, 2.75) is 30.9 Å². The molecule has 154 valence electrons. The molecule has 0 bridgehead atoms. The molecule has 7 heteroatoms. The fourth-order valence-electron chi connectivity index (χ4n) is 3.59. The number of hydrogen-bond donors (Lipinski definition) is 1. The summed E-state index contributed by atoms with van der Waals surface area (Å²) in [5.74, 6) is 5.34. The topological polar surface area (TPSA) is 64.1 Å². The maximum atomic E-state index is 14.6. The van der Waals surface area contributed by atoms with E-state index in [2.05, 4.69) is 27.1 Å². The van der Waals surface area contributed by atoms with Crippen molar-refractivity contribution in [1.82, 2.24) is 15.3 Å². The van der Waals surface area contributed by atoms with Gasteiger partial charge in [-0.05, 0) is 54.7 Å². The molecule has 0 spiro atoms. The number of amides is 1. The Bertz CT molecular complexity index is 1210. The lowest BCUT2D eigenvalue weighted by molar-refractivity contribution is 0.131. The summed E-state index contributed by atoms with van der Waals surface area (Å²) in [6, 6.07) is 12.0. The second-order valence-electron chi connectivity index (χ2n) is 7.58. The summed E-state index contributed by atoms with van der Waals surface area (Å²) in [6.45, 7) is 0. The molecule has 0 radical (unpaired) electrons. The van der Waals surface area contributed by atoms with Gasteiger partial charge in [-0.3, -0.25) is 0 Å². The van der Waals surface area contributed by atoms with Crippen LogP contribution in [0.2, 0.25) is 0 Å². The highest BCUT2D eigenvalue weighted by atomic mass is 19.1. The van der Waals surface area contributed by atoms with Gasteiger partial charge in [0.05, 0.1) is 0 Å². The zero-order valence-electron chi connectivity index (χ0n) is 16.3. The van der Waals surface area contributed by atoms with Crippen LogP contribution in [0.3, 0.4) is 0 Å². The molecule has 2 atom stereocenters. The van der Waals surface area contributed by atoms with Crippen molar-refractivity contribution in [2.24, 2.45) is 0 Å². The molecule has 31 heavy (non-hydrogen) atoms. The van der Waals surface area contributed by atoms with Gasteiger partial charge in [-0.25, -0.2) is 19.2 Å². The van der Waals surface area contributed by atoms with E-state index >= 15 is 0 Å². The van der Waals surface area contributed by atoms with Gasteiger partial charge in [0.25, 0.3) is 0 Å². The van der Waals surface area contributed by atoms with Crippen LogP contribution < -0.4 is 5.32 Å². The molecule has 0 unspecified atom stereocenters. The van der Waals surface area contributed by atoms with Crippen molar-refractivity contribution < 1.29 is 18.3 Å². The number of pyridine rings is 2. The second-order valence-corrected chi connectivity index (χ2v) is 7.58. The van der Waals surface area contributed by atoms with Crippen LogP contribution in [0, 0.1) is 23.6 Å². The number of alkyl carbamates (subject to hydrolysis) is 1. The van der Waals surface area contributed by atoms with Crippen LogP contribution >= 0.6 is 0 Å². The molecule has 3 heterocycles. The highest BCUT2D eigenvalue weighted by Gasteiger charge is 2.38. The first-order valence-electron chi connectivity index (χ1n) is 9.94. The number of benzene rings is 1. The molecule has 2 aliphatic rings. The van der Waals surface area contributed by atoms with Gasteiger partial charge in [0, 0.05) is 28.9 Å². The maximum absolute atomic E-state index is 14.6. The Morgan fingerprint density at radius 1 is 1.06 bits per heavy atom. The van der Waals surface area contributed by atoms with Crippen molar-refractivity contribution in [3.8, 4) is 11.8 Å². The number of rotatable bonds is 3. The van der Waals surface area contributed by atoms with E-state index in [9.17, 15) is 13.6 Å². The van der Waals surface area contributed by atoms with Crippen molar-refractivity contribution in [2.75, 3.05) is 0 Å². The number of carbonyl (C=O) groups is 1. The first-order chi connectivity index (χ1) is 15.1. The van der Waals surface area contributed by atoms with Crippen molar-refractivity contribution >= 4 is 6.09 Å². The van der Waals surface area contributed by atoms with Crippen LogP contribution in [-0.4, -0.2) is 16.1 Å². The Morgan fingerprint density at radius 3 is 2.65 bits per heavy atom. The van der Waals surface area contributed by atoms with Crippen LogP contribution in [0.4, 0.5) is 13.6 Å². The third-order valence-corrected chi connectivity index (χ3v) is 5.31. The number of aromatic nitrogens is 2. The minimum absolute atomic E-state index is 0.145. The van der Waals surface area contributed by atoms with Gasteiger partial charge < -0.3 is 10.1 Å². The van der Waals surface area contributed by atoms with Crippen LogP contribution in [-0.2, 0) is 4.74 Å². The number of nitrogens with one attached hydrogen (secondary N) is 1. The maximum Gasteiger partial charge on any atom is 0.408 e. The molecule has 5 nitrogen and oxygen atoms in total. The molecule has 1 N–H and O–H groups in total. The predicted molar refractivity (Wildman–Crippen MR) is 108 cm³/mol. The second kappa shape index (κ2) is 7.80. The first kappa shape index (κ1) is 19.2. The summed E-state index contributed by atoms with van der Waals surface area (Å²) >= 11 is 0. The van der Waals surface area contributed by atoms with Gasteiger partial charge in [0.15, 0.2) is 6.10 Å². The number of cyclic esters (lactones) is 1. The van der Waals surface area contributed by atoms with E-state index in [1.54, 1.807) is 0 Å². The molecule has 1 aliphatic carbocycles. The Kier molecular flexibility index (Phi) is 4.83. The van der Waals surface area contributed by atoms with E-state index in [4.69, 9.17) is 4.74 Å². The lowest BCUT2D eigenvalue weighted by Gasteiger charge is -2.18. The van der Waals surface area contributed by atoms with Gasteiger partial charge >= 0.3 is 6.09 Å². The number of nitrogens with zero attached hydrogens (tertiary/aromatic N) is 2. The highest BCUT2D eigenvalue weighted by molar-refractivity contribution is 5.71. The minimum Gasteiger partial charge on any atom is -0.439 e. The smallest absolute Gasteiger partial charge is 0.408 e. The normalized spacial score (nSPS) is 19.9. The molecule has 3 aromatic rings. The summed E-state index contributed by atoms with van der Waals surface area (Å²) in [6.07, 6.45) is 2.14. The molecule has 1 saturated carbocycles. The largest absolute Gasteiger partial charge is 0.439 e. The third-order valence-electron chi connectivity index (χ3n) is 5.31. The van der Waals surface area contributed by atoms with Crippen LogP contribution in [0.25, 0.3) is 0 Å². The van der Waals surface area contributed by atoms with Gasteiger partial charge in [0.1, 0.15) is 17.6 Å². The average Bonchev–Trinajstić information content (AvgIpc) is 3.56. The number of ether oxygens (including phenoxy) is 1. The Balaban J connectivity index is 1.45. The fraction of sp³-hybridized carbons (Fsp3) is 0.208. The van der Waals surface area contributed by atoms with Crippen LogP contribution in [0.15, 0.2) is 54.7 Å². The predicted octanol–water partition coefficient (Wildman–Crippen LogP) is 4.55. The molecule has 2 fully saturated rings. The first-order valence-corrected chi connectivity index (χ1v) is 9.94. The Labute approximate surface area is 177 Å². The summed E-state index contributed by atoms with van der Waals surface area (Å²) < 4.78 is 33.2. The third kappa shape index (κ3) is 4.10. The Morgan fingerprint density at radius 2 is 1.87 bits per heavy atom.